The van der Waals surface area contributed by atoms with Gasteiger partial charge in [0.25, 0.3) is 0 Å². The zero-order valence-corrected chi connectivity index (χ0v) is 20.0. The van der Waals surface area contributed by atoms with Gasteiger partial charge in [0.1, 0.15) is 5.75 Å². The Hall–Kier alpha value is -3.12. The number of aromatic nitrogens is 2. The SMILES string of the molecule is Cc1cccc(Oc2c(CN(CC3CCCO3)C(=O)C(C)C)c(C)nn2-c2ccccc2)c1. The highest BCUT2D eigenvalue weighted by Gasteiger charge is 2.28. The predicted octanol–water partition coefficient (Wildman–Crippen LogP) is 5.45. The molecule has 4 rings (SSSR count). The van der Waals surface area contributed by atoms with Crippen LogP contribution in [0, 0.1) is 19.8 Å². The van der Waals surface area contributed by atoms with Crippen LogP contribution in [0.3, 0.4) is 0 Å². The van der Waals surface area contributed by atoms with E-state index in [4.69, 9.17) is 14.6 Å². The van der Waals surface area contributed by atoms with Crippen LogP contribution in [0.2, 0.25) is 0 Å². The van der Waals surface area contributed by atoms with Gasteiger partial charge in [-0.05, 0) is 56.5 Å². The molecule has 1 amide bonds. The van der Waals surface area contributed by atoms with E-state index >= 15 is 0 Å². The molecule has 1 saturated heterocycles. The number of hydrogen-bond donors (Lipinski definition) is 0. The van der Waals surface area contributed by atoms with Crippen LogP contribution in [-0.2, 0) is 16.1 Å². The molecule has 174 valence electrons. The van der Waals surface area contributed by atoms with E-state index in [-0.39, 0.29) is 17.9 Å². The van der Waals surface area contributed by atoms with Gasteiger partial charge in [0.05, 0.1) is 29.6 Å². The molecule has 2 aromatic carbocycles. The molecule has 1 fully saturated rings. The quantitative estimate of drug-likeness (QED) is 0.461. The summed E-state index contributed by atoms with van der Waals surface area (Å²) in [6.45, 7) is 9.67. The van der Waals surface area contributed by atoms with Gasteiger partial charge in [-0.15, -0.1) is 0 Å². The van der Waals surface area contributed by atoms with Crippen LogP contribution in [0.25, 0.3) is 5.69 Å². The van der Waals surface area contributed by atoms with Crippen molar-refractivity contribution in [1.29, 1.82) is 0 Å². The molecule has 0 N–H and O–H groups in total. The summed E-state index contributed by atoms with van der Waals surface area (Å²) in [5.41, 5.74) is 3.78. The minimum absolute atomic E-state index is 0.0818. The largest absolute Gasteiger partial charge is 0.439 e. The van der Waals surface area contributed by atoms with Crippen molar-refractivity contribution in [3.05, 3.63) is 71.4 Å². The first-order valence-corrected chi connectivity index (χ1v) is 11.7. The number of aryl methyl sites for hydroxylation is 2. The second kappa shape index (κ2) is 10.2. The number of carbonyl (C=O) groups excluding carboxylic acids is 1. The van der Waals surface area contributed by atoms with Crippen molar-refractivity contribution in [2.75, 3.05) is 13.2 Å². The minimum Gasteiger partial charge on any atom is -0.439 e. The maximum Gasteiger partial charge on any atom is 0.227 e. The van der Waals surface area contributed by atoms with Crippen LogP contribution in [0.1, 0.15) is 43.5 Å². The lowest BCUT2D eigenvalue weighted by Crippen LogP contribution is -2.39. The van der Waals surface area contributed by atoms with E-state index in [2.05, 4.69) is 0 Å². The van der Waals surface area contributed by atoms with Crippen molar-refractivity contribution in [3.8, 4) is 17.3 Å². The summed E-state index contributed by atoms with van der Waals surface area (Å²) in [7, 11) is 0. The van der Waals surface area contributed by atoms with E-state index < -0.39 is 0 Å². The molecule has 1 aliphatic rings. The maximum absolute atomic E-state index is 13.1. The summed E-state index contributed by atoms with van der Waals surface area (Å²) < 4.78 is 14.1. The predicted molar refractivity (Wildman–Crippen MR) is 129 cm³/mol. The van der Waals surface area contributed by atoms with Crippen LogP contribution in [-0.4, -0.2) is 39.8 Å². The molecule has 1 aliphatic heterocycles. The first-order chi connectivity index (χ1) is 15.9. The number of rotatable bonds is 8. The van der Waals surface area contributed by atoms with Crippen LogP contribution in [0.15, 0.2) is 54.6 Å². The van der Waals surface area contributed by atoms with E-state index in [1.54, 1.807) is 0 Å². The minimum atomic E-state index is -0.1000. The molecule has 0 radical (unpaired) electrons. The average molecular weight is 448 g/mol. The summed E-state index contributed by atoms with van der Waals surface area (Å²) in [6, 6.07) is 17.9. The Labute approximate surface area is 196 Å². The number of nitrogens with zero attached hydrogens (tertiary/aromatic N) is 3. The number of para-hydroxylation sites is 1. The van der Waals surface area contributed by atoms with Crippen molar-refractivity contribution in [1.82, 2.24) is 14.7 Å². The standard InChI is InChI=1S/C27H33N3O3/c1-19(2)26(31)29(17-24-14-9-15-32-24)18-25-21(4)28-30(22-11-6-5-7-12-22)27(25)33-23-13-8-10-20(3)16-23/h5-8,10-13,16,19,24H,9,14-15,17-18H2,1-4H3. The van der Waals surface area contributed by atoms with Gasteiger partial charge in [-0.25, -0.2) is 4.68 Å². The highest BCUT2D eigenvalue weighted by molar-refractivity contribution is 5.78. The van der Waals surface area contributed by atoms with Crippen molar-refractivity contribution in [2.45, 2.75) is 53.2 Å². The Morgan fingerprint density at radius 2 is 1.97 bits per heavy atom. The van der Waals surface area contributed by atoms with Gasteiger partial charge in [0.15, 0.2) is 0 Å². The molecule has 3 aromatic rings. The van der Waals surface area contributed by atoms with Crippen LogP contribution >= 0.6 is 0 Å². The van der Waals surface area contributed by atoms with Crippen LogP contribution in [0.4, 0.5) is 0 Å². The third-order valence-electron chi connectivity index (χ3n) is 5.94. The van der Waals surface area contributed by atoms with E-state index in [1.807, 2.05) is 91.9 Å². The van der Waals surface area contributed by atoms with Crippen LogP contribution < -0.4 is 4.74 Å². The fraction of sp³-hybridized carbons (Fsp3) is 0.407. The van der Waals surface area contributed by atoms with E-state index in [0.717, 1.165) is 47.7 Å². The molecular weight excluding hydrogens is 414 g/mol. The molecule has 6 nitrogen and oxygen atoms in total. The van der Waals surface area contributed by atoms with Crippen LogP contribution in [0.5, 0.6) is 11.6 Å². The molecule has 2 heterocycles. The van der Waals surface area contributed by atoms with Crippen molar-refractivity contribution in [2.24, 2.45) is 5.92 Å². The fourth-order valence-electron chi connectivity index (χ4n) is 4.18. The zero-order chi connectivity index (χ0) is 23.4. The first kappa shape index (κ1) is 23.1. The normalized spacial score (nSPS) is 15.7. The second-order valence-corrected chi connectivity index (χ2v) is 9.04. The third-order valence-corrected chi connectivity index (χ3v) is 5.94. The number of carbonyl (C=O) groups is 1. The Morgan fingerprint density at radius 3 is 2.64 bits per heavy atom. The summed E-state index contributed by atoms with van der Waals surface area (Å²) >= 11 is 0. The lowest BCUT2D eigenvalue weighted by atomic mass is 10.1. The van der Waals surface area contributed by atoms with Crippen molar-refractivity contribution >= 4 is 5.91 Å². The third kappa shape index (κ3) is 5.45. The van der Waals surface area contributed by atoms with Crippen molar-refractivity contribution in [3.63, 3.8) is 0 Å². The molecule has 33 heavy (non-hydrogen) atoms. The van der Waals surface area contributed by atoms with Gasteiger partial charge in [0.2, 0.25) is 11.8 Å². The van der Waals surface area contributed by atoms with E-state index in [1.165, 1.54) is 0 Å². The first-order valence-electron chi connectivity index (χ1n) is 11.7. The summed E-state index contributed by atoms with van der Waals surface area (Å²) in [5.74, 6) is 1.39. The Bertz CT molecular complexity index is 1090. The lowest BCUT2D eigenvalue weighted by molar-refractivity contribution is -0.136. The molecular formula is C27H33N3O3. The monoisotopic (exact) mass is 447 g/mol. The van der Waals surface area contributed by atoms with Gasteiger partial charge in [-0.1, -0.05) is 44.2 Å². The highest BCUT2D eigenvalue weighted by Crippen LogP contribution is 2.32. The second-order valence-electron chi connectivity index (χ2n) is 9.04. The molecule has 1 unspecified atom stereocenters. The Kier molecular flexibility index (Phi) is 7.14. The number of amides is 1. The van der Waals surface area contributed by atoms with Gasteiger partial charge >= 0.3 is 0 Å². The molecule has 1 atom stereocenters. The highest BCUT2D eigenvalue weighted by atomic mass is 16.5. The topological polar surface area (TPSA) is 56.6 Å². The summed E-state index contributed by atoms with van der Waals surface area (Å²) in [6.07, 6.45) is 2.11. The molecule has 1 aromatic heterocycles. The van der Waals surface area contributed by atoms with Gasteiger partial charge in [-0.3, -0.25) is 4.79 Å². The Balaban J connectivity index is 1.73. The lowest BCUT2D eigenvalue weighted by Gasteiger charge is -2.27. The summed E-state index contributed by atoms with van der Waals surface area (Å²) in [5, 5.41) is 4.81. The van der Waals surface area contributed by atoms with Gasteiger partial charge in [-0.2, -0.15) is 5.10 Å². The number of benzene rings is 2. The van der Waals surface area contributed by atoms with Gasteiger partial charge < -0.3 is 14.4 Å². The smallest absolute Gasteiger partial charge is 0.227 e. The number of hydrogen-bond acceptors (Lipinski definition) is 4. The zero-order valence-electron chi connectivity index (χ0n) is 20.0. The average Bonchev–Trinajstić information content (AvgIpc) is 3.42. The fourth-order valence-corrected chi connectivity index (χ4v) is 4.18. The molecule has 0 spiro atoms. The maximum atomic E-state index is 13.1. The molecule has 0 aliphatic carbocycles. The molecule has 0 saturated carbocycles. The molecule has 6 heteroatoms. The van der Waals surface area contributed by atoms with Gasteiger partial charge in [0, 0.05) is 19.1 Å². The number of ether oxygens (including phenoxy) is 2. The Morgan fingerprint density at radius 1 is 1.18 bits per heavy atom. The summed E-state index contributed by atoms with van der Waals surface area (Å²) in [4.78, 5) is 15.0. The van der Waals surface area contributed by atoms with Crippen molar-refractivity contribution < 1.29 is 14.3 Å². The van der Waals surface area contributed by atoms with E-state index in [9.17, 15) is 4.79 Å². The molecule has 0 bridgehead atoms. The van der Waals surface area contributed by atoms with E-state index in [0.29, 0.717) is 19.0 Å².